The van der Waals surface area contributed by atoms with Crippen LogP contribution in [-0.4, -0.2) is 31.2 Å². The number of benzene rings is 2. The molecule has 28 heavy (non-hydrogen) atoms. The minimum atomic E-state index is -0.392. The molecular weight excluding hydrogens is 354 g/mol. The average Bonchev–Trinajstić information content (AvgIpc) is 2.71. The molecule has 1 aliphatic rings. The highest BCUT2D eigenvalue weighted by Gasteiger charge is 2.31. The van der Waals surface area contributed by atoms with Crippen LogP contribution in [-0.2, 0) is 9.53 Å². The second kappa shape index (κ2) is 8.89. The number of nitrogens with one attached hydrogen (secondary N) is 3. The fourth-order valence-electron chi connectivity index (χ4n) is 3.59. The second-order valence-corrected chi connectivity index (χ2v) is 6.84. The number of ether oxygens (including phenoxy) is 1. The predicted molar refractivity (Wildman–Crippen MR) is 110 cm³/mol. The molecule has 0 radical (unpaired) electrons. The van der Waals surface area contributed by atoms with Gasteiger partial charge in [-0.25, -0.2) is 9.59 Å². The summed E-state index contributed by atoms with van der Waals surface area (Å²) in [5, 5.41) is 11.4. The van der Waals surface area contributed by atoms with Crippen molar-refractivity contribution in [2.45, 2.75) is 39.3 Å². The van der Waals surface area contributed by atoms with Crippen molar-refractivity contribution in [2.75, 3.05) is 13.2 Å². The van der Waals surface area contributed by atoms with E-state index in [4.69, 9.17) is 4.74 Å². The predicted octanol–water partition coefficient (Wildman–Crippen LogP) is 3.40. The van der Waals surface area contributed by atoms with Crippen molar-refractivity contribution < 1.29 is 14.3 Å². The summed E-state index contributed by atoms with van der Waals surface area (Å²) in [6.45, 7) is 6.43. The van der Waals surface area contributed by atoms with E-state index in [-0.39, 0.29) is 18.1 Å². The molecule has 6 heteroatoms. The third kappa shape index (κ3) is 4.17. The van der Waals surface area contributed by atoms with Gasteiger partial charge in [-0.3, -0.25) is 0 Å². The van der Waals surface area contributed by atoms with Gasteiger partial charge in [-0.1, -0.05) is 49.4 Å². The molecule has 0 aliphatic carbocycles. The van der Waals surface area contributed by atoms with Gasteiger partial charge in [0.2, 0.25) is 0 Å². The van der Waals surface area contributed by atoms with Crippen LogP contribution in [0.1, 0.15) is 38.8 Å². The summed E-state index contributed by atoms with van der Waals surface area (Å²) in [7, 11) is 0. The maximum absolute atomic E-state index is 12.5. The molecular formula is C22H27N3O3. The molecule has 0 saturated carbocycles. The maximum atomic E-state index is 12.5. The molecule has 1 heterocycles. The molecule has 1 aliphatic heterocycles. The van der Waals surface area contributed by atoms with E-state index in [1.807, 2.05) is 25.1 Å². The number of esters is 1. The zero-order valence-electron chi connectivity index (χ0n) is 16.5. The largest absolute Gasteiger partial charge is 0.463 e. The lowest BCUT2D eigenvalue weighted by Gasteiger charge is -2.29. The molecule has 2 amide bonds. The van der Waals surface area contributed by atoms with E-state index in [2.05, 4.69) is 47.1 Å². The van der Waals surface area contributed by atoms with Crippen molar-refractivity contribution in [1.82, 2.24) is 16.0 Å². The number of fused-ring (bicyclic) bond motifs is 1. The van der Waals surface area contributed by atoms with E-state index in [1.165, 1.54) is 16.3 Å². The van der Waals surface area contributed by atoms with Crippen molar-refractivity contribution >= 4 is 22.8 Å². The Labute approximate surface area is 165 Å². The van der Waals surface area contributed by atoms with Gasteiger partial charge < -0.3 is 20.7 Å². The first kappa shape index (κ1) is 19.9. The number of carbonyl (C=O) groups is 2. The van der Waals surface area contributed by atoms with Gasteiger partial charge in [0.1, 0.15) is 0 Å². The molecule has 0 unspecified atom stereocenters. The van der Waals surface area contributed by atoms with Gasteiger partial charge in [0.25, 0.3) is 0 Å². The summed E-state index contributed by atoms with van der Waals surface area (Å²) in [6.07, 6.45) is 0.615. The van der Waals surface area contributed by atoms with Gasteiger partial charge in [-0.05, 0) is 36.6 Å². The minimum Gasteiger partial charge on any atom is -0.463 e. The van der Waals surface area contributed by atoms with Gasteiger partial charge in [0, 0.05) is 18.3 Å². The topological polar surface area (TPSA) is 79.5 Å². The summed E-state index contributed by atoms with van der Waals surface area (Å²) in [4.78, 5) is 24.5. The van der Waals surface area contributed by atoms with Crippen LogP contribution in [0.5, 0.6) is 0 Å². The van der Waals surface area contributed by atoms with Crippen molar-refractivity contribution in [2.24, 2.45) is 0 Å². The lowest BCUT2D eigenvalue weighted by molar-refractivity contribution is -0.139. The fraction of sp³-hybridized carbons (Fsp3) is 0.364. The number of amides is 2. The standard InChI is InChI=1S/C22H27N3O3/c1-4-18-20(21(26)28-5-2)19(25-22(27)24-18)13-23-14(3)16-12-8-10-15-9-6-7-11-17(15)16/h6-12,14,18,23H,4-5,13H2,1-3H3,(H2,24,25,27)/t14-,18+/m0/s1. The smallest absolute Gasteiger partial charge is 0.337 e. The van der Waals surface area contributed by atoms with Crippen LogP contribution in [0, 0.1) is 0 Å². The van der Waals surface area contributed by atoms with E-state index < -0.39 is 5.97 Å². The SMILES string of the molecule is CCOC(=O)C1=C(CN[C@@H](C)c2cccc3ccccc23)NC(=O)N[C@@H]1CC. The molecule has 0 bridgehead atoms. The quantitative estimate of drug-likeness (QED) is 0.642. The number of hydrogen-bond donors (Lipinski definition) is 3. The third-order valence-electron chi connectivity index (χ3n) is 5.02. The molecule has 2 aromatic rings. The Kier molecular flexibility index (Phi) is 6.31. The lowest BCUT2D eigenvalue weighted by atomic mass is 9.98. The number of rotatable bonds is 7. The Morgan fingerprint density at radius 2 is 1.93 bits per heavy atom. The summed E-state index contributed by atoms with van der Waals surface area (Å²) >= 11 is 0. The third-order valence-corrected chi connectivity index (χ3v) is 5.02. The summed E-state index contributed by atoms with van der Waals surface area (Å²) in [5.74, 6) is -0.392. The van der Waals surface area contributed by atoms with E-state index in [0.717, 1.165) is 0 Å². The van der Waals surface area contributed by atoms with Crippen LogP contribution < -0.4 is 16.0 Å². The van der Waals surface area contributed by atoms with E-state index in [0.29, 0.717) is 30.8 Å². The Morgan fingerprint density at radius 1 is 1.18 bits per heavy atom. The lowest BCUT2D eigenvalue weighted by Crippen LogP contribution is -2.52. The van der Waals surface area contributed by atoms with Crippen LogP contribution >= 0.6 is 0 Å². The molecule has 2 aromatic carbocycles. The molecule has 3 N–H and O–H groups in total. The monoisotopic (exact) mass is 381 g/mol. The van der Waals surface area contributed by atoms with Crippen LogP contribution in [0.2, 0.25) is 0 Å². The Hall–Kier alpha value is -2.86. The molecule has 0 saturated heterocycles. The number of hydrogen-bond acceptors (Lipinski definition) is 4. The Balaban J connectivity index is 1.85. The highest BCUT2D eigenvalue weighted by molar-refractivity contribution is 5.94. The summed E-state index contributed by atoms with van der Waals surface area (Å²) in [5.41, 5.74) is 2.23. The van der Waals surface area contributed by atoms with E-state index in [9.17, 15) is 9.59 Å². The average molecular weight is 381 g/mol. The number of urea groups is 1. The number of carbonyl (C=O) groups excluding carboxylic acids is 2. The molecule has 0 fully saturated rings. The molecule has 3 rings (SSSR count). The van der Waals surface area contributed by atoms with Crippen LogP contribution in [0.15, 0.2) is 53.7 Å². The van der Waals surface area contributed by atoms with Gasteiger partial charge in [0.05, 0.1) is 18.2 Å². The minimum absolute atomic E-state index is 0.0360. The van der Waals surface area contributed by atoms with Crippen LogP contribution in [0.4, 0.5) is 4.79 Å². The Bertz CT molecular complexity index is 902. The normalized spacial score (nSPS) is 17.8. The zero-order chi connectivity index (χ0) is 20.1. The van der Waals surface area contributed by atoms with Crippen molar-refractivity contribution in [3.8, 4) is 0 Å². The second-order valence-electron chi connectivity index (χ2n) is 6.84. The summed E-state index contributed by atoms with van der Waals surface area (Å²) in [6, 6.07) is 13.9. The van der Waals surface area contributed by atoms with E-state index >= 15 is 0 Å². The van der Waals surface area contributed by atoms with Crippen LogP contribution in [0.3, 0.4) is 0 Å². The fourth-order valence-corrected chi connectivity index (χ4v) is 3.59. The van der Waals surface area contributed by atoms with Crippen molar-refractivity contribution in [3.63, 3.8) is 0 Å². The zero-order valence-corrected chi connectivity index (χ0v) is 16.5. The molecule has 2 atom stereocenters. The molecule has 0 spiro atoms. The van der Waals surface area contributed by atoms with Crippen LogP contribution in [0.25, 0.3) is 10.8 Å². The van der Waals surface area contributed by atoms with Gasteiger partial charge in [-0.2, -0.15) is 0 Å². The van der Waals surface area contributed by atoms with Gasteiger partial charge >= 0.3 is 12.0 Å². The summed E-state index contributed by atoms with van der Waals surface area (Å²) < 4.78 is 5.21. The first-order chi connectivity index (χ1) is 13.5. The highest BCUT2D eigenvalue weighted by atomic mass is 16.5. The van der Waals surface area contributed by atoms with Crippen molar-refractivity contribution in [1.29, 1.82) is 0 Å². The highest BCUT2D eigenvalue weighted by Crippen LogP contribution is 2.24. The molecule has 148 valence electrons. The molecule has 6 nitrogen and oxygen atoms in total. The molecule has 0 aromatic heterocycles. The van der Waals surface area contributed by atoms with Crippen molar-refractivity contribution in [3.05, 3.63) is 59.3 Å². The van der Waals surface area contributed by atoms with Gasteiger partial charge in [0.15, 0.2) is 0 Å². The van der Waals surface area contributed by atoms with Gasteiger partial charge in [-0.15, -0.1) is 0 Å². The first-order valence-corrected chi connectivity index (χ1v) is 9.73. The first-order valence-electron chi connectivity index (χ1n) is 9.73. The van der Waals surface area contributed by atoms with E-state index in [1.54, 1.807) is 6.92 Å². The Morgan fingerprint density at radius 3 is 2.68 bits per heavy atom. The maximum Gasteiger partial charge on any atom is 0.337 e.